The number of rotatable bonds is 3. The minimum atomic E-state index is 0.780. The van der Waals surface area contributed by atoms with E-state index in [0.29, 0.717) is 0 Å². The predicted octanol–water partition coefficient (Wildman–Crippen LogP) is 2.95. The first kappa shape index (κ1) is 13.8. The van der Waals surface area contributed by atoms with Crippen LogP contribution in [-0.4, -0.2) is 43.9 Å². The smallest absolute Gasteiger partial charge is 0.234 e. The lowest BCUT2D eigenvalue weighted by Gasteiger charge is -2.26. The molecule has 0 radical (unpaired) electrons. The molecule has 0 N–H and O–H groups in total. The van der Waals surface area contributed by atoms with E-state index in [9.17, 15) is 0 Å². The number of imidazole rings is 1. The Morgan fingerprint density at radius 3 is 2.68 bits per heavy atom. The fourth-order valence-corrected chi connectivity index (χ4v) is 3.86. The van der Waals surface area contributed by atoms with E-state index in [4.69, 9.17) is 4.98 Å². The Hall–Kier alpha value is -1.85. The molecule has 1 aliphatic heterocycles. The number of fused-ring (bicyclic) bond motifs is 1. The normalized spacial score (nSPS) is 16.2. The van der Waals surface area contributed by atoms with Gasteiger partial charge in [-0.1, -0.05) is 30.3 Å². The van der Waals surface area contributed by atoms with E-state index in [1.165, 1.54) is 17.2 Å². The van der Waals surface area contributed by atoms with Gasteiger partial charge in [0.05, 0.1) is 11.4 Å². The molecule has 0 aliphatic carbocycles. The first-order valence-corrected chi connectivity index (χ1v) is 8.75. The molecule has 1 saturated heterocycles. The van der Waals surface area contributed by atoms with Gasteiger partial charge in [-0.15, -0.1) is 0 Å². The lowest BCUT2D eigenvalue weighted by Crippen LogP contribution is -2.32. The van der Waals surface area contributed by atoms with Crippen molar-refractivity contribution >= 4 is 17.5 Å². The number of hydrogen-bond donors (Lipinski definition) is 0. The maximum Gasteiger partial charge on any atom is 0.234 e. The van der Waals surface area contributed by atoms with E-state index in [-0.39, 0.29) is 0 Å². The summed E-state index contributed by atoms with van der Waals surface area (Å²) in [6, 6.07) is 12.4. The molecule has 3 aromatic rings. The number of aromatic nitrogens is 3. The Bertz CT molecular complexity index is 763. The molecular formula is C17H18N4S. The molecule has 1 fully saturated rings. The highest BCUT2D eigenvalue weighted by Crippen LogP contribution is 2.25. The van der Waals surface area contributed by atoms with Crippen LogP contribution in [0.25, 0.3) is 17.0 Å². The van der Waals surface area contributed by atoms with Crippen molar-refractivity contribution < 1.29 is 0 Å². The van der Waals surface area contributed by atoms with E-state index >= 15 is 0 Å². The van der Waals surface area contributed by atoms with Gasteiger partial charge < -0.3 is 0 Å². The van der Waals surface area contributed by atoms with Gasteiger partial charge in [0.1, 0.15) is 0 Å². The molecule has 0 amide bonds. The third-order valence-corrected chi connectivity index (χ3v) is 4.97. The fourth-order valence-electron chi connectivity index (χ4n) is 2.88. The van der Waals surface area contributed by atoms with Crippen molar-refractivity contribution in [3.8, 4) is 11.3 Å². The summed E-state index contributed by atoms with van der Waals surface area (Å²) < 4.78 is 2.13. The van der Waals surface area contributed by atoms with Gasteiger partial charge in [0.2, 0.25) is 5.78 Å². The minimum Gasteiger partial charge on any atom is -0.296 e. The third kappa shape index (κ3) is 2.62. The molecule has 0 atom stereocenters. The summed E-state index contributed by atoms with van der Waals surface area (Å²) in [4.78, 5) is 11.7. The number of hydrogen-bond acceptors (Lipinski definition) is 4. The zero-order valence-corrected chi connectivity index (χ0v) is 13.2. The molecule has 4 nitrogen and oxygen atoms in total. The van der Waals surface area contributed by atoms with Crippen molar-refractivity contribution in [2.75, 3.05) is 24.6 Å². The first-order chi connectivity index (χ1) is 10.9. The van der Waals surface area contributed by atoms with Gasteiger partial charge in [0.25, 0.3) is 0 Å². The van der Waals surface area contributed by atoms with Crippen LogP contribution in [0.1, 0.15) is 5.69 Å². The summed E-state index contributed by atoms with van der Waals surface area (Å²) in [6.07, 6.45) is 3.87. The second kappa shape index (κ2) is 6.10. The number of thioether (sulfide) groups is 1. The molecule has 2 aromatic heterocycles. The molecule has 1 aromatic carbocycles. The Kier molecular flexibility index (Phi) is 3.83. The van der Waals surface area contributed by atoms with E-state index in [1.807, 2.05) is 23.9 Å². The largest absolute Gasteiger partial charge is 0.296 e. The lowest BCUT2D eigenvalue weighted by atomic mass is 10.1. The van der Waals surface area contributed by atoms with E-state index < -0.39 is 0 Å². The van der Waals surface area contributed by atoms with Crippen LogP contribution in [0, 0.1) is 0 Å². The van der Waals surface area contributed by atoms with Crippen LogP contribution in [0.2, 0.25) is 0 Å². The second-order valence-corrected chi connectivity index (χ2v) is 6.68. The average molecular weight is 310 g/mol. The summed E-state index contributed by atoms with van der Waals surface area (Å²) in [5, 5.41) is 0. The van der Waals surface area contributed by atoms with Gasteiger partial charge in [-0.25, -0.2) is 9.97 Å². The fraction of sp³-hybridized carbons (Fsp3) is 0.294. The van der Waals surface area contributed by atoms with Gasteiger partial charge in [0.15, 0.2) is 0 Å². The molecule has 22 heavy (non-hydrogen) atoms. The monoisotopic (exact) mass is 310 g/mol. The van der Waals surface area contributed by atoms with Crippen molar-refractivity contribution in [3.05, 3.63) is 54.5 Å². The molecule has 5 heteroatoms. The predicted molar refractivity (Wildman–Crippen MR) is 91.0 cm³/mol. The van der Waals surface area contributed by atoms with Crippen molar-refractivity contribution in [1.82, 2.24) is 19.3 Å². The van der Waals surface area contributed by atoms with Gasteiger partial charge >= 0.3 is 0 Å². The molecule has 0 spiro atoms. The maximum atomic E-state index is 4.77. The highest BCUT2D eigenvalue weighted by Gasteiger charge is 2.18. The zero-order valence-electron chi connectivity index (χ0n) is 12.4. The summed E-state index contributed by atoms with van der Waals surface area (Å²) >= 11 is 2.04. The van der Waals surface area contributed by atoms with E-state index in [2.05, 4.69) is 44.7 Å². The van der Waals surface area contributed by atoms with Crippen molar-refractivity contribution in [2.45, 2.75) is 6.54 Å². The van der Waals surface area contributed by atoms with Crippen LogP contribution < -0.4 is 0 Å². The molecule has 0 unspecified atom stereocenters. The van der Waals surface area contributed by atoms with Crippen LogP contribution in [0.4, 0.5) is 0 Å². The standard InChI is InChI=1S/C17H18N4S/c1-2-5-14(6-3-1)16-15(13-20-9-11-22-12-10-20)21-8-4-7-18-17(21)19-16/h1-8H,9-13H2. The van der Waals surface area contributed by atoms with Crippen molar-refractivity contribution in [1.29, 1.82) is 0 Å². The van der Waals surface area contributed by atoms with Gasteiger partial charge in [-0.2, -0.15) is 11.8 Å². The molecule has 3 heterocycles. The average Bonchev–Trinajstić information content (AvgIpc) is 2.95. The number of benzene rings is 1. The molecule has 1 aliphatic rings. The Balaban J connectivity index is 1.79. The molecule has 4 rings (SSSR count). The van der Waals surface area contributed by atoms with E-state index in [1.54, 1.807) is 6.20 Å². The van der Waals surface area contributed by atoms with Crippen molar-refractivity contribution in [2.24, 2.45) is 0 Å². The van der Waals surface area contributed by atoms with Crippen molar-refractivity contribution in [3.63, 3.8) is 0 Å². The first-order valence-electron chi connectivity index (χ1n) is 7.59. The Labute approximate surface area is 134 Å². The van der Waals surface area contributed by atoms with Gasteiger partial charge in [0, 0.05) is 49.1 Å². The highest BCUT2D eigenvalue weighted by atomic mass is 32.2. The summed E-state index contributed by atoms with van der Waals surface area (Å²) in [5.74, 6) is 3.22. The molecule has 112 valence electrons. The minimum absolute atomic E-state index is 0.780. The topological polar surface area (TPSA) is 33.4 Å². The SMILES string of the molecule is c1ccc(-c2nc3ncccn3c2CN2CCSCC2)cc1. The maximum absolute atomic E-state index is 4.77. The Morgan fingerprint density at radius 1 is 1.05 bits per heavy atom. The second-order valence-electron chi connectivity index (χ2n) is 5.45. The zero-order chi connectivity index (χ0) is 14.8. The Morgan fingerprint density at radius 2 is 1.86 bits per heavy atom. The van der Waals surface area contributed by atoms with Gasteiger partial charge in [-0.05, 0) is 6.07 Å². The summed E-state index contributed by atoms with van der Waals surface area (Å²) in [5.41, 5.74) is 3.45. The third-order valence-electron chi connectivity index (χ3n) is 4.03. The van der Waals surface area contributed by atoms with Crippen LogP contribution in [-0.2, 0) is 6.54 Å². The summed E-state index contributed by atoms with van der Waals surface area (Å²) in [6.45, 7) is 3.22. The van der Waals surface area contributed by atoms with Crippen LogP contribution in [0.3, 0.4) is 0 Å². The van der Waals surface area contributed by atoms with Crippen LogP contribution in [0.15, 0.2) is 48.8 Å². The van der Waals surface area contributed by atoms with Crippen LogP contribution >= 0.6 is 11.8 Å². The quantitative estimate of drug-likeness (QED) is 0.745. The lowest BCUT2D eigenvalue weighted by molar-refractivity contribution is 0.290. The molecular weight excluding hydrogens is 292 g/mol. The van der Waals surface area contributed by atoms with E-state index in [0.717, 1.165) is 36.7 Å². The highest BCUT2D eigenvalue weighted by molar-refractivity contribution is 7.99. The summed E-state index contributed by atoms with van der Waals surface area (Å²) in [7, 11) is 0. The molecule has 0 bridgehead atoms. The van der Waals surface area contributed by atoms with Gasteiger partial charge in [-0.3, -0.25) is 9.30 Å². The number of nitrogens with zero attached hydrogens (tertiary/aromatic N) is 4. The van der Waals surface area contributed by atoms with Crippen LogP contribution in [0.5, 0.6) is 0 Å². The molecule has 0 saturated carbocycles.